The van der Waals surface area contributed by atoms with Gasteiger partial charge in [-0.1, -0.05) is 24.3 Å². The molecule has 1 heterocycles. The van der Waals surface area contributed by atoms with Crippen molar-refractivity contribution in [3.63, 3.8) is 0 Å². The van der Waals surface area contributed by atoms with Gasteiger partial charge >= 0.3 is 0 Å². The van der Waals surface area contributed by atoms with E-state index in [1.54, 1.807) is 14.2 Å². The van der Waals surface area contributed by atoms with Gasteiger partial charge in [-0.25, -0.2) is 0 Å². The van der Waals surface area contributed by atoms with Crippen molar-refractivity contribution in [1.82, 2.24) is 0 Å². The first-order chi connectivity index (χ1) is 9.81. The van der Waals surface area contributed by atoms with Gasteiger partial charge in [-0.15, -0.1) is 0 Å². The minimum Gasteiger partial charge on any atom is -0.493 e. The van der Waals surface area contributed by atoms with E-state index < -0.39 is 0 Å². The molecule has 3 nitrogen and oxygen atoms in total. The predicted molar refractivity (Wildman–Crippen MR) is 78.8 cm³/mol. The average Bonchev–Trinajstić information content (AvgIpc) is 2.53. The van der Waals surface area contributed by atoms with E-state index in [0.29, 0.717) is 11.5 Å². The Morgan fingerprint density at radius 1 is 1.00 bits per heavy atom. The van der Waals surface area contributed by atoms with Gasteiger partial charge in [0.25, 0.3) is 0 Å². The highest BCUT2D eigenvalue weighted by molar-refractivity contribution is 5.67. The minimum atomic E-state index is -0.00639. The normalized spacial score (nSPS) is 19.6. The lowest BCUT2D eigenvalue weighted by molar-refractivity contribution is 0.242. The number of methoxy groups -OCH3 is 2. The van der Waals surface area contributed by atoms with Gasteiger partial charge in [-0.3, -0.25) is 0 Å². The van der Waals surface area contributed by atoms with E-state index in [1.165, 1.54) is 0 Å². The first-order valence-electron chi connectivity index (χ1n) is 6.47. The van der Waals surface area contributed by atoms with Crippen LogP contribution in [-0.4, -0.2) is 20.3 Å². The molecule has 20 heavy (non-hydrogen) atoms. The Balaban J connectivity index is 1.94. The van der Waals surface area contributed by atoms with Gasteiger partial charge in [-0.2, -0.15) is 0 Å². The molecule has 3 heteroatoms. The Kier molecular flexibility index (Phi) is 3.33. The van der Waals surface area contributed by atoms with Crippen LogP contribution in [0.1, 0.15) is 5.56 Å². The third-order valence-electron chi connectivity index (χ3n) is 3.36. The molecule has 1 aromatic rings. The third kappa shape index (κ3) is 2.23. The lowest BCUT2D eigenvalue weighted by Crippen LogP contribution is -2.15. The maximum atomic E-state index is 6.01. The van der Waals surface area contributed by atoms with E-state index in [-0.39, 0.29) is 6.10 Å². The summed E-state index contributed by atoms with van der Waals surface area (Å²) in [6.45, 7) is 0. The molecule has 0 N–H and O–H groups in total. The van der Waals surface area contributed by atoms with Crippen molar-refractivity contribution in [2.24, 2.45) is 0 Å². The minimum absolute atomic E-state index is 0.00639. The molecule has 1 aromatic carbocycles. The van der Waals surface area contributed by atoms with E-state index in [0.717, 1.165) is 16.9 Å². The maximum Gasteiger partial charge on any atom is 0.161 e. The molecule has 2 aliphatic rings. The molecule has 3 rings (SSSR count). The number of hydrogen-bond donors (Lipinski definition) is 0. The lowest BCUT2D eigenvalue weighted by atomic mass is 10.0. The van der Waals surface area contributed by atoms with Crippen LogP contribution in [0.3, 0.4) is 0 Å². The van der Waals surface area contributed by atoms with Gasteiger partial charge in [0.2, 0.25) is 0 Å². The summed E-state index contributed by atoms with van der Waals surface area (Å²) in [6.07, 6.45) is 12.2. The molecular formula is C17H16O3. The van der Waals surface area contributed by atoms with Crippen LogP contribution >= 0.6 is 0 Å². The zero-order chi connectivity index (χ0) is 13.9. The average molecular weight is 268 g/mol. The molecule has 1 atom stereocenters. The van der Waals surface area contributed by atoms with E-state index in [2.05, 4.69) is 12.2 Å². The summed E-state index contributed by atoms with van der Waals surface area (Å²) in [6, 6.07) is 5.77. The number of ether oxygens (including phenoxy) is 3. The number of hydrogen-bond acceptors (Lipinski definition) is 3. The zero-order valence-corrected chi connectivity index (χ0v) is 11.5. The van der Waals surface area contributed by atoms with E-state index in [1.807, 2.05) is 42.5 Å². The fourth-order valence-corrected chi connectivity index (χ4v) is 2.30. The Bertz CT molecular complexity index is 636. The quantitative estimate of drug-likeness (QED) is 0.839. The summed E-state index contributed by atoms with van der Waals surface area (Å²) in [4.78, 5) is 0. The molecule has 1 unspecified atom stereocenters. The van der Waals surface area contributed by atoms with Gasteiger partial charge in [0.1, 0.15) is 11.9 Å². The highest BCUT2D eigenvalue weighted by Gasteiger charge is 2.19. The van der Waals surface area contributed by atoms with Crippen molar-refractivity contribution < 1.29 is 14.2 Å². The summed E-state index contributed by atoms with van der Waals surface area (Å²) in [5.74, 6) is 2.24. The number of benzene rings is 1. The molecule has 0 spiro atoms. The highest BCUT2D eigenvalue weighted by Crippen LogP contribution is 2.33. The summed E-state index contributed by atoms with van der Waals surface area (Å²) in [5.41, 5.74) is 2.14. The number of allylic oxidation sites excluding steroid dienone is 4. The van der Waals surface area contributed by atoms with Crippen molar-refractivity contribution in [2.75, 3.05) is 14.2 Å². The predicted octanol–water partition coefficient (Wildman–Crippen LogP) is 3.50. The van der Waals surface area contributed by atoms with Crippen molar-refractivity contribution in [1.29, 1.82) is 0 Å². The van der Waals surface area contributed by atoms with Crippen molar-refractivity contribution in [3.8, 4) is 11.5 Å². The second-order valence-electron chi connectivity index (χ2n) is 4.55. The molecule has 0 saturated carbocycles. The number of fused-ring (bicyclic) bond motifs is 1. The van der Waals surface area contributed by atoms with E-state index in [9.17, 15) is 0 Å². The molecule has 1 aliphatic carbocycles. The summed E-state index contributed by atoms with van der Waals surface area (Å²) >= 11 is 0. The molecule has 0 fully saturated rings. The van der Waals surface area contributed by atoms with E-state index in [4.69, 9.17) is 14.2 Å². The van der Waals surface area contributed by atoms with Gasteiger partial charge in [0, 0.05) is 5.56 Å². The molecule has 0 saturated heterocycles. The van der Waals surface area contributed by atoms with E-state index >= 15 is 0 Å². The Morgan fingerprint density at radius 3 is 2.65 bits per heavy atom. The van der Waals surface area contributed by atoms with Crippen LogP contribution in [0.2, 0.25) is 0 Å². The van der Waals surface area contributed by atoms with Crippen molar-refractivity contribution >= 4 is 5.76 Å². The fraction of sp³-hybridized carbons (Fsp3) is 0.176. The third-order valence-corrected chi connectivity index (χ3v) is 3.36. The molecular weight excluding hydrogens is 252 g/mol. The highest BCUT2D eigenvalue weighted by atomic mass is 16.5. The SMILES string of the molecule is COc1ccc(C2=CC=C3C=CC=CC3O2)cc1OC. The van der Waals surface area contributed by atoms with Crippen molar-refractivity contribution in [3.05, 3.63) is 65.8 Å². The molecule has 0 radical (unpaired) electrons. The number of rotatable bonds is 3. The molecule has 1 aliphatic heterocycles. The summed E-state index contributed by atoms with van der Waals surface area (Å²) in [7, 11) is 3.26. The van der Waals surface area contributed by atoms with Crippen LogP contribution in [0, 0.1) is 0 Å². The van der Waals surface area contributed by atoms with Crippen LogP contribution in [0.4, 0.5) is 0 Å². The zero-order valence-electron chi connectivity index (χ0n) is 11.5. The van der Waals surface area contributed by atoms with Crippen LogP contribution in [0.5, 0.6) is 11.5 Å². The Hall–Kier alpha value is -2.42. The maximum absolute atomic E-state index is 6.01. The largest absolute Gasteiger partial charge is 0.493 e. The summed E-state index contributed by atoms with van der Waals surface area (Å²) < 4.78 is 16.6. The second kappa shape index (κ2) is 5.29. The first kappa shape index (κ1) is 12.6. The van der Waals surface area contributed by atoms with Crippen LogP contribution in [-0.2, 0) is 4.74 Å². The standard InChI is InChI=1S/C17H16O3/c1-18-16-10-8-13(11-17(16)19-2)15-9-7-12-5-3-4-6-14(12)20-15/h3-11,14H,1-2H3. The topological polar surface area (TPSA) is 27.7 Å². The van der Waals surface area contributed by atoms with Crippen molar-refractivity contribution in [2.45, 2.75) is 6.10 Å². The van der Waals surface area contributed by atoms with Crippen LogP contribution in [0.25, 0.3) is 5.76 Å². The monoisotopic (exact) mass is 268 g/mol. The Labute approximate surface area is 118 Å². The second-order valence-corrected chi connectivity index (χ2v) is 4.55. The van der Waals surface area contributed by atoms with Gasteiger partial charge in [0.15, 0.2) is 11.5 Å². The van der Waals surface area contributed by atoms with Gasteiger partial charge in [0.05, 0.1) is 14.2 Å². The van der Waals surface area contributed by atoms with Crippen LogP contribution < -0.4 is 9.47 Å². The molecule has 102 valence electrons. The molecule has 0 bridgehead atoms. The summed E-state index contributed by atoms with van der Waals surface area (Å²) in [5, 5.41) is 0. The first-order valence-corrected chi connectivity index (χ1v) is 6.47. The van der Waals surface area contributed by atoms with Gasteiger partial charge < -0.3 is 14.2 Å². The smallest absolute Gasteiger partial charge is 0.161 e. The fourth-order valence-electron chi connectivity index (χ4n) is 2.30. The lowest BCUT2D eigenvalue weighted by Gasteiger charge is -2.24. The molecule has 0 aromatic heterocycles. The van der Waals surface area contributed by atoms with Crippen LogP contribution in [0.15, 0.2) is 60.2 Å². The molecule has 0 amide bonds. The van der Waals surface area contributed by atoms with Gasteiger partial charge in [-0.05, 0) is 35.9 Å². The Morgan fingerprint density at radius 2 is 1.85 bits per heavy atom.